The summed E-state index contributed by atoms with van der Waals surface area (Å²) in [5, 5.41) is 4.32. The Morgan fingerprint density at radius 3 is 2.47 bits per heavy atom. The molecule has 5 nitrogen and oxygen atoms in total. The van der Waals surface area contributed by atoms with Crippen molar-refractivity contribution < 1.29 is 9.47 Å². The standard InChI is InChI=1S/C14H19N3O2/c1-9-7-12(17(2)16-9)14(15)11-6-5-10(18-3)8-13(11)19-4/h5-8,14H,15H2,1-4H3. The van der Waals surface area contributed by atoms with Gasteiger partial charge in [0.15, 0.2) is 0 Å². The second-order valence-corrected chi connectivity index (χ2v) is 4.42. The zero-order valence-corrected chi connectivity index (χ0v) is 11.7. The molecule has 5 heteroatoms. The molecule has 2 aromatic rings. The van der Waals surface area contributed by atoms with Crippen LogP contribution < -0.4 is 15.2 Å². The van der Waals surface area contributed by atoms with Gasteiger partial charge in [-0.1, -0.05) is 0 Å². The lowest BCUT2D eigenvalue weighted by Crippen LogP contribution is -2.16. The first-order valence-corrected chi connectivity index (χ1v) is 6.05. The van der Waals surface area contributed by atoms with Crippen molar-refractivity contribution in [2.45, 2.75) is 13.0 Å². The number of benzene rings is 1. The second-order valence-electron chi connectivity index (χ2n) is 4.42. The van der Waals surface area contributed by atoms with Crippen LogP contribution >= 0.6 is 0 Å². The van der Waals surface area contributed by atoms with Crippen LogP contribution in [0.4, 0.5) is 0 Å². The molecule has 102 valence electrons. The third kappa shape index (κ3) is 2.56. The molecule has 0 aliphatic rings. The molecule has 0 saturated carbocycles. The second kappa shape index (κ2) is 5.32. The minimum absolute atomic E-state index is 0.285. The Morgan fingerprint density at radius 2 is 1.95 bits per heavy atom. The number of aromatic nitrogens is 2. The summed E-state index contributed by atoms with van der Waals surface area (Å²) in [4.78, 5) is 0. The predicted octanol–water partition coefficient (Wildman–Crippen LogP) is 1.79. The van der Waals surface area contributed by atoms with E-state index in [2.05, 4.69) is 5.10 Å². The Bertz CT molecular complexity index is 578. The number of hydrogen-bond acceptors (Lipinski definition) is 4. The van der Waals surface area contributed by atoms with E-state index in [0.29, 0.717) is 5.75 Å². The highest BCUT2D eigenvalue weighted by molar-refractivity contribution is 5.45. The molecule has 1 unspecified atom stereocenters. The summed E-state index contributed by atoms with van der Waals surface area (Å²) < 4.78 is 12.4. The number of aryl methyl sites for hydroxylation is 2. The van der Waals surface area contributed by atoms with Crippen molar-refractivity contribution in [3.63, 3.8) is 0 Å². The predicted molar refractivity (Wildman–Crippen MR) is 73.5 cm³/mol. The fourth-order valence-corrected chi connectivity index (χ4v) is 2.16. The van der Waals surface area contributed by atoms with Crippen molar-refractivity contribution in [1.29, 1.82) is 0 Å². The maximum atomic E-state index is 6.32. The van der Waals surface area contributed by atoms with E-state index in [4.69, 9.17) is 15.2 Å². The van der Waals surface area contributed by atoms with Crippen LogP contribution in [0.3, 0.4) is 0 Å². The highest BCUT2D eigenvalue weighted by atomic mass is 16.5. The van der Waals surface area contributed by atoms with E-state index in [1.807, 2.05) is 38.2 Å². The number of rotatable bonds is 4. The van der Waals surface area contributed by atoms with E-state index in [-0.39, 0.29) is 6.04 Å². The summed E-state index contributed by atoms with van der Waals surface area (Å²) in [6.07, 6.45) is 0. The molecular formula is C14H19N3O2. The van der Waals surface area contributed by atoms with E-state index < -0.39 is 0 Å². The monoisotopic (exact) mass is 261 g/mol. The summed E-state index contributed by atoms with van der Waals surface area (Å²) in [6.45, 7) is 1.95. The lowest BCUT2D eigenvalue weighted by atomic mass is 10.0. The fraction of sp³-hybridized carbons (Fsp3) is 0.357. The maximum absolute atomic E-state index is 6.32. The molecule has 1 aromatic heterocycles. The smallest absolute Gasteiger partial charge is 0.127 e. The van der Waals surface area contributed by atoms with E-state index in [1.165, 1.54) is 0 Å². The van der Waals surface area contributed by atoms with Crippen LogP contribution in [0.15, 0.2) is 24.3 Å². The van der Waals surface area contributed by atoms with Gasteiger partial charge in [0.2, 0.25) is 0 Å². The van der Waals surface area contributed by atoms with Gasteiger partial charge in [0.1, 0.15) is 11.5 Å². The molecule has 1 aromatic carbocycles. The minimum atomic E-state index is -0.285. The first-order chi connectivity index (χ1) is 9.06. The Kier molecular flexibility index (Phi) is 3.76. The van der Waals surface area contributed by atoms with Gasteiger partial charge in [-0.15, -0.1) is 0 Å². The lowest BCUT2D eigenvalue weighted by Gasteiger charge is -2.16. The number of methoxy groups -OCH3 is 2. The molecule has 0 aliphatic heterocycles. The lowest BCUT2D eigenvalue weighted by molar-refractivity contribution is 0.389. The molecule has 1 heterocycles. The Balaban J connectivity index is 2.43. The van der Waals surface area contributed by atoms with Gasteiger partial charge < -0.3 is 15.2 Å². The molecule has 0 aliphatic carbocycles. The van der Waals surface area contributed by atoms with E-state index in [1.54, 1.807) is 18.9 Å². The van der Waals surface area contributed by atoms with Crippen molar-refractivity contribution in [3.05, 3.63) is 41.2 Å². The number of hydrogen-bond donors (Lipinski definition) is 1. The van der Waals surface area contributed by atoms with Crippen molar-refractivity contribution in [3.8, 4) is 11.5 Å². The highest BCUT2D eigenvalue weighted by Gasteiger charge is 2.18. The van der Waals surface area contributed by atoms with Crippen LogP contribution in [-0.2, 0) is 7.05 Å². The average molecular weight is 261 g/mol. The Morgan fingerprint density at radius 1 is 1.21 bits per heavy atom. The summed E-state index contributed by atoms with van der Waals surface area (Å²) in [6, 6.07) is 7.32. The first kappa shape index (κ1) is 13.4. The maximum Gasteiger partial charge on any atom is 0.127 e. The van der Waals surface area contributed by atoms with Crippen LogP contribution in [0.5, 0.6) is 11.5 Å². The van der Waals surface area contributed by atoms with Gasteiger partial charge in [0.05, 0.1) is 31.6 Å². The fourth-order valence-electron chi connectivity index (χ4n) is 2.16. The van der Waals surface area contributed by atoms with Gasteiger partial charge in [-0.25, -0.2) is 0 Å². The van der Waals surface area contributed by atoms with Crippen molar-refractivity contribution >= 4 is 0 Å². The van der Waals surface area contributed by atoms with Crippen molar-refractivity contribution in [1.82, 2.24) is 9.78 Å². The number of ether oxygens (including phenoxy) is 2. The molecular weight excluding hydrogens is 242 g/mol. The minimum Gasteiger partial charge on any atom is -0.497 e. The summed E-state index contributed by atoms with van der Waals surface area (Å²) in [5.41, 5.74) is 9.12. The van der Waals surface area contributed by atoms with Gasteiger partial charge in [-0.05, 0) is 25.1 Å². The zero-order chi connectivity index (χ0) is 14.0. The molecule has 0 radical (unpaired) electrons. The van der Waals surface area contributed by atoms with Gasteiger partial charge in [-0.2, -0.15) is 5.10 Å². The quantitative estimate of drug-likeness (QED) is 0.911. The Labute approximate surface area is 112 Å². The van der Waals surface area contributed by atoms with Crippen LogP contribution in [0.1, 0.15) is 23.0 Å². The van der Waals surface area contributed by atoms with E-state index in [0.717, 1.165) is 22.7 Å². The summed E-state index contributed by atoms with van der Waals surface area (Å²) in [5.74, 6) is 1.46. The van der Waals surface area contributed by atoms with Crippen molar-refractivity contribution in [2.24, 2.45) is 12.8 Å². The molecule has 0 bridgehead atoms. The number of nitrogens with zero attached hydrogens (tertiary/aromatic N) is 2. The van der Waals surface area contributed by atoms with Gasteiger partial charge in [0, 0.05) is 18.7 Å². The Hall–Kier alpha value is -2.01. The molecule has 19 heavy (non-hydrogen) atoms. The van der Waals surface area contributed by atoms with E-state index in [9.17, 15) is 0 Å². The van der Waals surface area contributed by atoms with Crippen molar-refractivity contribution in [2.75, 3.05) is 14.2 Å². The normalized spacial score (nSPS) is 12.3. The first-order valence-electron chi connectivity index (χ1n) is 6.05. The van der Waals surface area contributed by atoms with Crippen LogP contribution in [0, 0.1) is 6.92 Å². The van der Waals surface area contributed by atoms with Gasteiger partial charge in [-0.3, -0.25) is 4.68 Å². The van der Waals surface area contributed by atoms with Gasteiger partial charge >= 0.3 is 0 Å². The molecule has 1 atom stereocenters. The summed E-state index contributed by atoms with van der Waals surface area (Å²) in [7, 11) is 5.14. The molecule has 0 spiro atoms. The van der Waals surface area contributed by atoms with Crippen LogP contribution in [0.25, 0.3) is 0 Å². The highest BCUT2D eigenvalue weighted by Crippen LogP contribution is 2.31. The molecule has 0 amide bonds. The summed E-state index contributed by atoms with van der Waals surface area (Å²) >= 11 is 0. The van der Waals surface area contributed by atoms with E-state index >= 15 is 0 Å². The van der Waals surface area contributed by atoms with Gasteiger partial charge in [0.25, 0.3) is 0 Å². The van der Waals surface area contributed by atoms with Crippen LogP contribution in [0.2, 0.25) is 0 Å². The molecule has 0 saturated heterocycles. The van der Waals surface area contributed by atoms with Crippen LogP contribution in [-0.4, -0.2) is 24.0 Å². The largest absolute Gasteiger partial charge is 0.497 e. The third-order valence-corrected chi connectivity index (χ3v) is 3.13. The topological polar surface area (TPSA) is 62.3 Å². The third-order valence-electron chi connectivity index (χ3n) is 3.13. The number of nitrogens with two attached hydrogens (primary N) is 1. The SMILES string of the molecule is COc1ccc(C(N)c2cc(C)nn2C)c(OC)c1. The molecule has 2 N–H and O–H groups in total. The molecule has 0 fully saturated rings. The average Bonchev–Trinajstić information content (AvgIpc) is 2.76. The molecule has 2 rings (SSSR count). The zero-order valence-electron chi connectivity index (χ0n) is 11.7.